The number of rotatable bonds is 5. The number of nitrogens with zero attached hydrogens (tertiary/aromatic N) is 1. The maximum Gasteiger partial charge on any atom is 0.251 e. The summed E-state index contributed by atoms with van der Waals surface area (Å²) in [4.78, 5) is 26.7. The van der Waals surface area contributed by atoms with Gasteiger partial charge < -0.3 is 15.5 Å². The molecule has 0 aromatic heterocycles. The summed E-state index contributed by atoms with van der Waals surface area (Å²) >= 11 is 1.76. The van der Waals surface area contributed by atoms with Gasteiger partial charge in [0, 0.05) is 37.2 Å². The summed E-state index contributed by atoms with van der Waals surface area (Å²) in [5, 5.41) is 6.09. The minimum Gasteiger partial charge on any atom is -0.352 e. The number of carbonyl (C=O) groups excluding carboxylic acids is 2. The first-order chi connectivity index (χ1) is 12.3. The normalized spacial score (nSPS) is 23.2. The molecule has 2 N–H and O–H groups in total. The van der Waals surface area contributed by atoms with Crippen LogP contribution in [0.3, 0.4) is 0 Å². The molecule has 2 aliphatic heterocycles. The van der Waals surface area contributed by atoms with Crippen LogP contribution < -0.4 is 10.6 Å². The molecule has 142 valence electrons. The Labute approximate surface area is 157 Å². The third kappa shape index (κ3) is 4.57. The van der Waals surface area contributed by atoms with Crippen LogP contribution in [-0.4, -0.2) is 68.7 Å². The van der Waals surface area contributed by atoms with Gasteiger partial charge in [0.15, 0.2) is 9.84 Å². The second kappa shape index (κ2) is 7.98. The Kier molecular flexibility index (Phi) is 5.89. The molecule has 2 fully saturated rings. The van der Waals surface area contributed by atoms with Crippen LogP contribution in [-0.2, 0) is 14.6 Å². The summed E-state index contributed by atoms with van der Waals surface area (Å²) in [5.41, 5.74) is 0.320. The Morgan fingerprint density at radius 3 is 2.88 bits per heavy atom. The first kappa shape index (κ1) is 19.2. The van der Waals surface area contributed by atoms with E-state index in [1.54, 1.807) is 23.9 Å². The molecule has 2 heterocycles. The molecule has 26 heavy (non-hydrogen) atoms. The molecular formula is C17H23N3O4S2. The number of sulfone groups is 1. The van der Waals surface area contributed by atoms with Crippen LogP contribution in [0.2, 0.25) is 0 Å². The summed E-state index contributed by atoms with van der Waals surface area (Å²) in [6, 6.07) is 5.83. The fourth-order valence-electron chi connectivity index (χ4n) is 3.17. The molecule has 9 heteroatoms. The highest BCUT2D eigenvalue weighted by molar-refractivity contribution is 7.99. The monoisotopic (exact) mass is 397 g/mol. The number of amides is 2. The lowest BCUT2D eigenvalue weighted by molar-refractivity contribution is -0.131. The maximum atomic E-state index is 12.4. The number of hydrogen-bond donors (Lipinski definition) is 2. The summed E-state index contributed by atoms with van der Waals surface area (Å²) in [5.74, 6) is 1.77. The second-order valence-corrected chi connectivity index (χ2v) is 9.80. The van der Waals surface area contributed by atoms with Crippen LogP contribution in [0.5, 0.6) is 0 Å². The lowest BCUT2D eigenvalue weighted by atomic mass is 10.0. The van der Waals surface area contributed by atoms with Gasteiger partial charge in [-0.05, 0) is 30.5 Å². The van der Waals surface area contributed by atoms with Crippen molar-refractivity contribution in [2.75, 3.05) is 37.5 Å². The average molecular weight is 398 g/mol. The molecular weight excluding hydrogens is 374 g/mol. The summed E-state index contributed by atoms with van der Waals surface area (Å²) in [6.07, 6.45) is 1.81. The summed E-state index contributed by atoms with van der Waals surface area (Å²) in [7, 11) is -3.35. The predicted molar refractivity (Wildman–Crippen MR) is 101 cm³/mol. The van der Waals surface area contributed by atoms with Crippen molar-refractivity contribution in [3.05, 3.63) is 29.8 Å². The van der Waals surface area contributed by atoms with E-state index in [9.17, 15) is 18.0 Å². The fourth-order valence-corrected chi connectivity index (χ4v) is 4.79. The topological polar surface area (TPSA) is 95.6 Å². The maximum absolute atomic E-state index is 12.4. The predicted octanol–water partition coefficient (Wildman–Crippen LogP) is 0.331. The van der Waals surface area contributed by atoms with Crippen molar-refractivity contribution in [1.82, 2.24) is 15.5 Å². The molecule has 1 aromatic carbocycles. The van der Waals surface area contributed by atoms with Gasteiger partial charge in [-0.25, -0.2) is 8.42 Å². The van der Waals surface area contributed by atoms with E-state index in [4.69, 9.17) is 0 Å². The molecule has 2 unspecified atom stereocenters. The molecule has 0 spiro atoms. The molecule has 0 bridgehead atoms. The zero-order valence-corrected chi connectivity index (χ0v) is 16.2. The highest BCUT2D eigenvalue weighted by atomic mass is 32.2. The zero-order valence-electron chi connectivity index (χ0n) is 14.6. The summed E-state index contributed by atoms with van der Waals surface area (Å²) < 4.78 is 23.2. The molecule has 0 radical (unpaired) electrons. The van der Waals surface area contributed by atoms with Crippen molar-refractivity contribution in [2.45, 2.75) is 17.4 Å². The lowest BCUT2D eigenvalue weighted by Gasteiger charge is -2.19. The number of thioether (sulfide) groups is 1. The van der Waals surface area contributed by atoms with Gasteiger partial charge in [-0.2, -0.15) is 0 Å². The molecule has 2 saturated heterocycles. The molecule has 0 saturated carbocycles. The Hall–Kier alpha value is -1.58. The molecule has 3 rings (SSSR count). The highest BCUT2D eigenvalue weighted by Crippen LogP contribution is 2.20. The SMILES string of the molecule is CS(=O)(=O)c1cccc(C(=O)NCC2CNC(C(=O)N3CCSC3)C2)c1. The lowest BCUT2D eigenvalue weighted by Crippen LogP contribution is -2.42. The van der Waals surface area contributed by atoms with Crippen LogP contribution in [0.25, 0.3) is 0 Å². The average Bonchev–Trinajstić information content (AvgIpc) is 3.30. The van der Waals surface area contributed by atoms with Crippen molar-refractivity contribution in [3.8, 4) is 0 Å². The highest BCUT2D eigenvalue weighted by Gasteiger charge is 2.33. The smallest absolute Gasteiger partial charge is 0.251 e. The van der Waals surface area contributed by atoms with E-state index in [0.29, 0.717) is 25.1 Å². The quantitative estimate of drug-likeness (QED) is 0.744. The fraction of sp³-hybridized carbons (Fsp3) is 0.529. The second-order valence-electron chi connectivity index (χ2n) is 6.71. The van der Waals surface area contributed by atoms with Crippen molar-refractivity contribution in [2.24, 2.45) is 5.92 Å². The molecule has 0 aliphatic carbocycles. The van der Waals surface area contributed by atoms with E-state index in [0.717, 1.165) is 24.4 Å². The van der Waals surface area contributed by atoms with E-state index in [1.165, 1.54) is 12.1 Å². The standard InChI is InChI=1S/C17H23N3O4S2/c1-26(23,24)14-4-2-3-13(8-14)16(21)19-10-12-7-15(18-9-12)17(22)20-5-6-25-11-20/h2-4,8,12,15,18H,5-7,9-11H2,1H3,(H,19,21). The van der Waals surface area contributed by atoms with E-state index >= 15 is 0 Å². The molecule has 2 atom stereocenters. The van der Waals surface area contributed by atoms with Crippen molar-refractivity contribution in [1.29, 1.82) is 0 Å². The van der Waals surface area contributed by atoms with E-state index in [2.05, 4.69) is 10.6 Å². The third-order valence-electron chi connectivity index (χ3n) is 4.66. The molecule has 7 nitrogen and oxygen atoms in total. The van der Waals surface area contributed by atoms with Crippen LogP contribution in [0.1, 0.15) is 16.8 Å². The largest absolute Gasteiger partial charge is 0.352 e. The first-order valence-electron chi connectivity index (χ1n) is 8.53. The number of carbonyl (C=O) groups is 2. The Bertz CT molecular complexity index is 791. The number of nitrogens with one attached hydrogen (secondary N) is 2. The Balaban J connectivity index is 1.52. The van der Waals surface area contributed by atoms with Gasteiger partial charge in [0.2, 0.25) is 5.91 Å². The van der Waals surface area contributed by atoms with Crippen molar-refractivity contribution in [3.63, 3.8) is 0 Å². The van der Waals surface area contributed by atoms with E-state index in [-0.39, 0.29) is 28.7 Å². The molecule has 1 aromatic rings. The molecule has 2 aliphatic rings. The Morgan fingerprint density at radius 1 is 1.38 bits per heavy atom. The van der Waals surface area contributed by atoms with Gasteiger partial charge in [0.05, 0.1) is 16.8 Å². The van der Waals surface area contributed by atoms with Crippen LogP contribution in [0, 0.1) is 5.92 Å². The van der Waals surface area contributed by atoms with Gasteiger partial charge in [-0.3, -0.25) is 9.59 Å². The first-order valence-corrected chi connectivity index (χ1v) is 11.6. The third-order valence-corrected chi connectivity index (χ3v) is 6.74. The van der Waals surface area contributed by atoms with E-state index < -0.39 is 9.84 Å². The van der Waals surface area contributed by atoms with E-state index in [1.807, 2.05) is 4.90 Å². The Morgan fingerprint density at radius 2 is 2.19 bits per heavy atom. The van der Waals surface area contributed by atoms with Gasteiger partial charge in [-0.15, -0.1) is 11.8 Å². The molecule has 2 amide bonds. The van der Waals surface area contributed by atoms with Gasteiger partial charge in [0.1, 0.15) is 0 Å². The minimum absolute atomic E-state index is 0.127. The van der Waals surface area contributed by atoms with Crippen LogP contribution in [0.15, 0.2) is 29.2 Å². The number of benzene rings is 1. The minimum atomic E-state index is -3.35. The van der Waals surface area contributed by atoms with Gasteiger partial charge in [-0.1, -0.05) is 6.07 Å². The zero-order chi connectivity index (χ0) is 18.7. The van der Waals surface area contributed by atoms with Gasteiger partial charge >= 0.3 is 0 Å². The number of hydrogen-bond acceptors (Lipinski definition) is 6. The van der Waals surface area contributed by atoms with Crippen LogP contribution >= 0.6 is 11.8 Å². The van der Waals surface area contributed by atoms with Crippen molar-refractivity contribution < 1.29 is 18.0 Å². The van der Waals surface area contributed by atoms with Crippen molar-refractivity contribution >= 4 is 33.4 Å². The summed E-state index contributed by atoms with van der Waals surface area (Å²) in [6.45, 7) is 1.94. The van der Waals surface area contributed by atoms with Crippen LogP contribution in [0.4, 0.5) is 0 Å². The van der Waals surface area contributed by atoms with Gasteiger partial charge in [0.25, 0.3) is 5.91 Å².